The van der Waals surface area contributed by atoms with E-state index in [0.717, 1.165) is 0 Å². The molecule has 1 aromatic heterocycles. The third-order valence-corrected chi connectivity index (χ3v) is 5.66. The summed E-state index contributed by atoms with van der Waals surface area (Å²) in [7, 11) is 6.54. The van der Waals surface area contributed by atoms with Gasteiger partial charge in [-0.25, -0.2) is 0 Å². The van der Waals surface area contributed by atoms with Gasteiger partial charge < -0.3 is 23.5 Å². The predicted molar refractivity (Wildman–Crippen MR) is 118 cm³/mol. The van der Waals surface area contributed by atoms with E-state index >= 15 is 0 Å². The van der Waals surface area contributed by atoms with E-state index in [1.165, 1.54) is 18.9 Å². The van der Waals surface area contributed by atoms with Gasteiger partial charge in [0.2, 0.25) is 0 Å². The molecule has 1 unspecified atom stereocenters. The van der Waals surface area contributed by atoms with Crippen molar-refractivity contribution in [3.8, 4) is 23.0 Å². The monoisotopic (exact) mass is 443 g/mol. The molecule has 0 aliphatic rings. The molecule has 0 radical (unpaired) electrons. The van der Waals surface area contributed by atoms with Crippen molar-refractivity contribution in [1.82, 2.24) is 14.8 Å². The number of carbonyl (C=O) groups excluding carboxylic acids is 1. The first-order valence-electron chi connectivity index (χ1n) is 9.55. The van der Waals surface area contributed by atoms with Crippen LogP contribution >= 0.6 is 11.8 Å². The summed E-state index contributed by atoms with van der Waals surface area (Å²) in [4.78, 5) is 12.6. The molecule has 3 rings (SSSR count). The maximum Gasteiger partial charge on any atom is 0.191 e. The SMILES string of the molecule is COc1ccc(C(=O)CSc2nnc(C(C)Oc3ccccc3OC)n2C)cc1OC. The molecule has 0 N–H and O–H groups in total. The quantitative estimate of drug-likeness (QED) is 0.344. The van der Waals surface area contributed by atoms with Crippen LogP contribution < -0.4 is 18.9 Å². The van der Waals surface area contributed by atoms with Crippen LogP contribution in [0.2, 0.25) is 0 Å². The molecule has 0 saturated heterocycles. The Bertz CT molecular complexity index is 1050. The molecule has 0 fully saturated rings. The van der Waals surface area contributed by atoms with Gasteiger partial charge in [-0.05, 0) is 37.3 Å². The molecule has 164 valence electrons. The van der Waals surface area contributed by atoms with Crippen LogP contribution in [0.5, 0.6) is 23.0 Å². The van der Waals surface area contributed by atoms with E-state index in [9.17, 15) is 4.79 Å². The van der Waals surface area contributed by atoms with Crippen molar-refractivity contribution >= 4 is 17.5 Å². The third kappa shape index (κ3) is 5.11. The Kier molecular flexibility index (Phi) is 7.41. The lowest BCUT2D eigenvalue weighted by Crippen LogP contribution is -2.11. The van der Waals surface area contributed by atoms with Crippen LogP contribution in [0.3, 0.4) is 0 Å². The molecule has 3 aromatic rings. The summed E-state index contributed by atoms with van der Waals surface area (Å²) in [5, 5.41) is 9.09. The zero-order chi connectivity index (χ0) is 22.4. The third-order valence-electron chi connectivity index (χ3n) is 4.64. The highest BCUT2D eigenvalue weighted by molar-refractivity contribution is 7.99. The molecule has 1 heterocycles. The second kappa shape index (κ2) is 10.2. The van der Waals surface area contributed by atoms with Crippen molar-refractivity contribution in [1.29, 1.82) is 0 Å². The normalized spacial score (nSPS) is 11.6. The lowest BCUT2D eigenvalue weighted by Gasteiger charge is -2.16. The summed E-state index contributed by atoms with van der Waals surface area (Å²) in [6, 6.07) is 12.5. The standard InChI is InChI=1S/C22H25N3O5S/c1-14(30-19-9-7-6-8-17(19)27-3)21-23-24-22(25(21)2)31-13-16(26)15-10-11-18(28-4)20(12-15)29-5/h6-12,14H,13H2,1-5H3. The number of rotatable bonds is 10. The molecule has 0 aliphatic heterocycles. The Morgan fingerprint density at radius 2 is 1.61 bits per heavy atom. The van der Waals surface area contributed by atoms with Crippen LogP contribution in [-0.4, -0.2) is 47.6 Å². The molecule has 2 aromatic carbocycles. The zero-order valence-corrected chi connectivity index (χ0v) is 18.9. The van der Waals surface area contributed by atoms with Crippen LogP contribution in [0.25, 0.3) is 0 Å². The number of aromatic nitrogens is 3. The van der Waals surface area contributed by atoms with Crippen molar-refractivity contribution in [2.45, 2.75) is 18.2 Å². The summed E-state index contributed by atoms with van der Waals surface area (Å²) in [6.07, 6.45) is -0.357. The smallest absolute Gasteiger partial charge is 0.191 e. The molecule has 0 bridgehead atoms. The Morgan fingerprint density at radius 1 is 0.968 bits per heavy atom. The van der Waals surface area contributed by atoms with E-state index < -0.39 is 0 Å². The van der Waals surface area contributed by atoms with Gasteiger partial charge in [0.25, 0.3) is 0 Å². The van der Waals surface area contributed by atoms with Gasteiger partial charge in [-0.2, -0.15) is 0 Å². The minimum Gasteiger partial charge on any atom is -0.493 e. The first-order valence-corrected chi connectivity index (χ1v) is 10.5. The molecule has 0 spiro atoms. The van der Waals surface area contributed by atoms with Gasteiger partial charge in [-0.3, -0.25) is 4.79 Å². The average Bonchev–Trinajstić information content (AvgIpc) is 3.17. The first kappa shape index (κ1) is 22.5. The lowest BCUT2D eigenvalue weighted by atomic mass is 10.1. The molecular formula is C22H25N3O5S. The van der Waals surface area contributed by atoms with Gasteiger partial charge in [0.05, 0.1) is 27.1 Å². The van der Waals surface area contributed by atoms with Crippen molar-refractivity contribution in [3.63, 3.8) is 0 Å². The van der Waals surface area contributed by atoms with E-state index in [1.807, 2.05) is 42.8 Å². The van der Waals surface area contributed by atoms with Gasteiger partial charge in [0, 0.05) is 12.6 Å². The van der Waals surface area contributed by atoms with Gasteiger partial charge in [-0.15, -0.1) is 10.2 Å². The summed E-state index contributed by atoms with van der Waals surface area (Å²) < 4.78 is 23.6. The van der Waals surface area contributed by atoms with E-state index in [2.05, 4.69) is 10.2 Å². The summed E-state index contributed by atoms with van der Waals surface area (Å²) in [5.74, 6) is 3.17. The van der Waals surface area contributed by atoms with Crippen molar-refractivity contribution < 1.29 is 23.7 Å². The fourth-order valence-electron chi connectivity index (χ4n) is 2.99. The fourth-order valence-corrected chi connectivity index (χ4v) is 3.80. The van der Waals surface area contributed by atoms with Crippen LogP contribution in [-0.2, 0) is 7.05 Å². The van der Waals surface area contributed by atoms with E-state index in [-0.39, 0.29) is 17.6 Å². The minimum atomic E-state index is -0.357. The number of benzene rings is 2. The van der Waals surface area contributed by atoms with Crippen molar-refractivity contribution in [3.05, 3.63) is 53.9 Å². The Morgan fingerprint density at radius 3 is 2.29 bits per heavy atom. The molecule has 9 heteroatoms. The number of ether oxygens (including phenoxy) is 4. The Balaban J connectivity index is 1.67. The molecule has 0 saturated carbocycles. The second-order valence-corrected chi connectivity index (χ2v) is 7.53. The van der Waals surface area contributed by atoms with Crippen LogP contribution in [0.4, 0.5) is 0 Å². The number of ketones is 1. The van der Waals surface area contributed by atoms with Gasteiger partial charge >= 0.3 is 0 Å². The van der Waals surface area contributed by atoms with Gasteiger partial charge in [0.15, 0.2) is 45.9 Å². The van der Waals surface area contributed by atoms with Crippen molar-refractivity contribution in [2.75, 3.05) is 27.1 Å². The van der Waals surface area contributed by atoms with Crippen LogP contribution in [0, 0.1) is 0 Å². The van der Waals surface area contributed by atoms with Gasteiger partial charge in [0.1, 0.15) is 0 Å². The number of thioether (sulfide) groups is 1. The zero-order valence-electron chi connectivity index (χ0n) is 18.1. The lowest BCUT2D eigenvalue weighted by molar-refractivity contribution is 0.102. The number of methoxy groups -OCH3 is 3. The largest absolute Gasteiger partial charge is 0.493 e. The van der Waals surface area contributed by atoms with Gasteiger partial charge in [-0.1, -0.05) is 23.9 Å². The number of Topliss-reactive ketones (excluding diaryl/α,β-unsaturated/α-hetero) is 1. The van der Waals surface area contributed by atoms with Crippen LogP contribution in [0.15, 0.2) is 47.6 Å². The molecule has 8 nitrogen and oxygen atoms in total. The highest BCUT2D eigenvalue weighted by Crippen LogP contribution is 2.31. The maximum atomic E-state index is 12.6. The number of carbonyl (C=O) groups is 1. The van der Waals surface area contributed by atoms with Crippen LogP contribution in [0.1, 0.15) is 29.2 Å². The molecule has 1 atom stereocenters. The number of nitrogens with zero attached hydrogens (tertiary/aromatic N) is 3. The second-order valence-electron chi connectivity index (χ2n) is 6.59. The van der Waals surface area contributed by atoms with E-state index in [0.29, 0.717) is 39.5 Å². The Labute approximate surface area is 185 Å². The first-order chi connectivity index (χ1) is 15.0. The molecule has 0 aliphatic carbocycles. The topological polar surface area (TPSA) is 84.7 Å². The van der Waals surface area contributed by atoms with E-state index in [4.69, 9.17) is 18.9 Å². The highest BCUT2D eigenvalue weighted by atomic mass is 32.2. The molecule has 0 amide bonds. The number of hydrogen-bond donors (Lipinski definition) is 0. The van der Waals surface area contributed by atoms with Crippen molar-refractivity contribution in [2.24, 2.45) is 7.05 Å². The fraction of sp³-hybridized carbons (Fsp3) is 0.318. The minimum absolute atomic E-state index is 0.0474. The molecule has 31 heavy (non-hydrogen) atoms. The number of hydrogen-bond acceptors (Lipinski definition) is 8. The predicted octanol–water partition coefficient (Wildman–Crippen LogP) is 3.96. The summed E-state index contributed by atoms with van der Waals surface area (Å²) >= 11 is 1.31. The summed E-state index contributed by atoms with van der Waals surface area (Å²) in [6.45, 7) is 1.89. The summed E-state index contributed by atoms with van der Waals surface area (Å²) in [5.41, 5.74) is 0.542. The number of para-hydroxylation sites is 2. The van der Waals surface area contributed by atoms with E-state index in [1.54, 1.807) is 32.4 Å². The molecular weight excluding hydrogens is 418 g/mol. The average molecular weight is 444 g/mol. The highest BCUT2D eigenvalue weighted by Gasteiger charge is 2.20. The maximum absolute atomic E-state index is 12.6. The Hall–Kier alpha value is -3.20.